The third kappa shape index (κ3) is 2.17. The van der Waals surface area contributed by atoms with E-state index >= 15 is 0 Å². The molecule has 2 heterocycles. The third-order valence-corrected chi connectivity index (χ3v) is 3.59. The molecule has 1 aromatic heterocycles. The van der Waals surface area contributed by atoms with Crippen LogP contribution in [-0.4, -0.2) is 37.6 Å². The second-order valence-electron chi connectivity index (χ2n) is 4.40. The highest BCUT2D eigenvalue weighted by Gasteiger charge is 2.20. The molecule has 1 aliphatic heterocycles. The molecular formula is C14H13ClN2O2. The number of aromatic nitrogens is 1. The maximum Gasteiger partial charge on any atom is 0.155 e. The zero-order chi connectivity index (χ0) is 13.2. The fourth-order valence-corrected chi connectivity index (χ4v) is 2.64. The van der Waals surface area contributed by atoms with Gasteiger partial charge in [-0.1, -0.05) is 29.8 Å². The van der Waals surface area contributed by atoms with Gasteiger partial charge in [-0.2, -0.15) is 0 Å². The predicted octanol–water partition coefficient (Wildman–Crippen LogP) is 2.54. The van der Waals surface area contributed by atoms with Crippen LogP contribution in [0.4, 0.5) is 5.69 Å². The lowest BCUT2D eigenvalue weighted by molar-refractivity contribution is 0.111. The summed E-state index contributed by atoms with van der Waals surface area (Å²) >= 11 is 6.13. The zero-order valence-electron chi connectivity index (χ0n) is 10.3. The Labute approximate surface area is 115 Å². The van der Waals surface area contributed by atoms with Gasteiger partial charge in [-0.3, -0.25) is 4.79 Å². The Kier molecular flexibility index (Phi) is 3.36. The van der Waals surface area contributed by atoms with Crippen LogP contribution in [0.25, 0.3) is 10.9 Å². The van der Waals surface area contributed by atoms with E-state index in [0.29, 0.717) is 18.8 Å². The number of carbonyl (C=O) groups is 1. The molecule has 0 radical (unpaired) electrons. The topological polar surface area (TPSA) is 42.4 Å². The molecule has 0 N–H and O–H groups in total. The number of anilines is 1. The van der Waals surface area contributed by atoms with Crippen LogP contribution in [0.3, 0.4) is 0 Å². The molecule has 5 heteroatoms. The minimum Gasteiger partial charge on any atom is -0.378 e. The number of hydrogen-bond acceptors (Lipinski definition) is 4. The van der Waals surface area contributed by atoms with E-state index in [1.54, 1.807) is 0 Å². The Morgan fingerprint density at radius 1 is 1.26 bits per heavy atom. The highest BCUT2D eigenvalue weighted by Crippen LogP contribution is 2.33. The molecule has 0 unspecified atom stereocenters. The molecule has 3 rings (SSSR count). The fraction of sp³-hybridized carbons (Fsp3) is 0.286. The van der Waals surface area contributed by atoms with Crippen molar-refractivity contribution < 1.29 is 9.53 Å². The molecule has 1 aliphatic rings. The first-order valence-corrected chi connectivity index (χ1v) is 6.55. The van der Waals surface area contributed by atoms with Crippen molar-refractivity contribution in [3.05, 3.63) is 35.0 Å². The Morgan fingerprint density at radius 2 is 2.00 bits per heavy atom. The van der Waals surface area contributed by atoms with Gasteiger partial charge < -0.3 is 9.64 Å². The zero-order valence-corrected chi connectivity index (χ0v) is 11.1. The molecule has 0 aliphatic carbocycles. The minimum absolute atomic E-state index is 0.259. The first-order chi connectivity index (χ1) is 9.31. The number of para-hydroxylation sites is 1. The number of fused-ring (bicyclic) bond motifs is 1. The Hall–Kier alpha value is -1.65. The smallest absolute Gasteiger partial charge is 0.155 e. The van der Waals surface area contributed by atoms with E-state index in [-0.39, 0.29) is 5.15 Å². The Morgan fingerprint density at radius 3 is 2.74 bits per heavy atom. The van der Waals surface area contributed by atoms with Gasteiger partial charge in [0, 0.05) is 18.5 Å². The highest BCUT2D eigenvalue weighted by atomic mass is 35.5. The van der Waals surface area contributed by atoms with Crippen molar-refractivity contribution in [1.82, 2.24) is 4.98 Å². The maximum absolute atomic E-state index is 11.4. The lowest BCUT2D eigenvalue weighted by atomic mass is 10.1. The second kappa shape index (κ2) is 5.15. The number of aldehydes is 1. The van der Waals surface area contributed by atoms with E-state index in [0.717, 1.165) is 36.0 Å². The van der Waals surface area contributed by atoms with Crippen LogP contribution >= 0.6 is 11.6 Å². The van der Waals surface area contributed by atoms with Gasteiger partial charge in [-0.15, -0.1) is 0 Å². The number of ether oxygens (including phenoxy) is 1. The minimum atomic E-state index is 0.259. The molecule has 19 heavy (non-hydrogen) atoms. The van der Waals surface area contributed by atoms with Gasteiger partial charge in [0.15, 0.2) is 6.29 Å². The van der Waals surface area contributed by atoms with E-state index in [1.807, 2.05) is 24.3 Å². The van der Waals surface area contributed by atoms with Crippen molar-refractivity contribution in [2.75, 3.05) is 31.2 Å². The van der Waals surface area contributed by atoms with E-state index in [2.05, 4.69) is 9.88 Å². The van der Waals surface area contributed by atoms with Gasteiger partial charge in [0.1, 0.15) is 5.15 Å². The number of hydrogen-bond donors (Lipinski definition) is 0. The van der Waals surface area contributed by atoms with E-state index in [1.165, 1.54) is 0 Å². The van der Waals surface area contributed by atoms with Crippen molar-refractivity contribution in [3.63, 3.8) is 0 Å². The molecule has 2 aromatic rings. The second-order valence-corrected chi connectivity index (χ2v) is 4.76. The summed E-state index contributed by atoms with van der Waals surface area (Å²) in [5, 5.41) is 1.21. The van der Waals surface area contributed by atoms with Crippen LogP contribution in [0.1, 0.15) is 10.4 Å². The molecule has 1 fully saturated rings. The van der Waals surface area contributed by atoms with Crippen LogP contribution in [0, 0.1) is 0 Å². The summed E-state index contributed by atoms with van der Waals surface area (Å²) in [6, 6.07) is 7.72. The number of halogens is 1. The molecule has 1 saturated heterocycles. The van der Waals surface area contributed by atoms with Gasteiger partial charge in [0.25, 0.3) is 0 Å². The Bertz CT molecular complexity index is 624. The molecule has 0 saturated carbocycles. The third-order valence-electron chi connectivity index (χ3n) is 3.30. The molecule has 98 valence electrons. The monoisotopic (exact) mass is 276 g/mol. The summed E-state index contributed by atoms with van der Waals surface area (Å²) in [7, 11) is 0. The van der Waals surface area contributed by atoms with Gasteiger partial charge in [-0.25, -0.2) is 4.98 Å². The quantitative estimate of drug-likeness (QED) is 0.624. The summed E-state index contributed by atoms with van der Waals surface area (Å²) < 4.78 is 5.36. The average Bonchev–Trinajstić information content (AvgIpc) is 2.46. The van der Waals surface area contributed by atoms with Crippen molar-refractivity contribution >= 4 is 34.5 Å². The van der Waals surface area contributed by atoms with E-state index in [4.69, 9.17) is 16.3 Å². The van der Waals surface area contributed by atoms with Crippen LogP contribution in [0.15, 0.2) is 24.3 Å². The van der Waals surface area contributed by atoms with E-state index in [9.17, 15) is 4.79 Å². The lowest BCUT2D eigenvalue weighted by Gasteiger charge is -2.31. The molecule has 0 amide bonds. The largest absolute Gasteiger partial charge is 0.378 e. The number of carbonyl (C=O) groups excluding carboxylic acids is 1. The molecule has 4 nitrogen and oxygen atoms in total. The normalized spacial score (nSPS) is 15.7. The van der Waals surface area contributed by atoms with Gasteiger partial charge >= 0.3 is 0 Å². The predicted molar refractivity (Wildman–Crippen MR) is 75.2 cm³/mol. The summed E-state index contributed by atoms with van der Waals surface area (Å²) in [5.74, 6) is 0. The van der Waals surface area contributed by atoms with Crippen LogP contribution in [0.5, 0.6) is 0 Å². The van der Waals surface area contributed by atoms with Crippen LogP contribution in [-0.2, 0) is 4.74 Å². The van der Waals surface area contributed by atoms with Gasteiger partial charge in [0.05, 0.1) is 30.0 Å². The van der Waals surface area contributed by atoms with Crippen molar-refractivity contribution in [2.24, 2.45) is 0 Å². The number of morpholine rings is 1. The van der Waals surface area contributed by atoms with Gasteiger partial charge in [-0.05, 0) is 6.07 Å². The Balaban J connectivity index is 2.25. The summed E-state index contributed by atoms with van der Waals surface area (Å²) in [6.07, 6.45) is 0.784. The number of nitrogens with zero attached hydrogens (tertiary/aromatic N) is 2. The molecular weight excluding hydrogens is 264 g/mol. The van der Waals surface area contributed by atoms with Crippen LogP contribution in [0.2, 0.25) is 5.15 Å². The lowest BCUT2D eigenvalue weighted by Crippen LogP contribution is -2.37. The average molecular weight is 277 g/mol. The molecule has 0 spiro atoms. The number of pyridine rings is 1. The molecule has 0 bridgehead atoms. The SMILES string of the molecule is O=Cc1c(Cl)nc2ccccc2c1N1CCOCC1. The molecule has 0 atom stereocenters. The summed E-state index contributed by atoms with van der Waals surface area (Å²) in [5.41, 5.74) is 2.13. The first-order valence-electron chi connectivity index (χ1n) is 6.17. The molecule has 1 aromatic carbocycles. The van der Waals surface area contributed by atoms with Crippen molar-refractivity contribution in [2.45, 2.75) is 0 Å². The first kappa shape index (κ1) is 12.4. The van der Waals surface area contributed by atoms with Gasteiger partial charge in [0.2, 0.25) is 0 Å². The summed E-state index contributed by atoms with van der Waals surface area (Å²) in [4.78, 5) is 17.8. The number of benzene rings is 1. The van der Waals surface area contributed by atoms with Crippen LogP contribution < -0.4 is 4.90 Å². The standard InChI is InChI=1S/C14H13ClN2O2/c15-14-11(9-18)13(17-5-7-19-8-6-17)10-3-1-2-4-12(10)16-14/h1-4,9H,5-8H2. The highest BCUT2D eigenvalue weighted by molar-refractivity contribution is 6.33. The maximum atomic E-state index is 11.4. The fourth-order valence-electron chi connectivity index (χ4n) is 2.41. The van der Waals surface area contributed by atoms with Crippen molar-refractivity contribution in [1.29, 1.82) is 0 Å². The van der Waals surface area contributed by atoms with Crippen molar-refractivity contribution in [3.8, 4) is 0 Å². The van der Waals surface area contributed by atoms with E-state index < -0.39 is 0 Å². The summed E-state index contributed by atoms with van der Waals surface area (Å²) in [6.45, 7) is 2.83. The number of rotatable bonds is 2.